The summed E-state index contributed by atoms with van der Waals surface area (Å²) in [7, 11) is 0. The molecule has 2 nitrogen and oxygen atoms in total. The number of nitrogens with two attached hydrogens (primary N) is 1. The number of halogens is 1. The number of hydrogen-bond acceptors (Lipinski definition) is 1. The molecule has 0 aliphatic rings. The molecule has 2 N–H and O–H groups in total. The lowest BCUT2D eigenvalue weighted by Gasteiger charge is -2.07. The van der Waals surface area contributed by atoms with Crippen molar-refractivity contribution in [3.8, 4) is 0 Å². The quantitative estimate of drug-likeness (QED) is 0.811. The molecule has 0 aliphatic heterocycles. The third kappa shape index (κ3) is 3.59. The van der Waals surface area contributed by atoms with Crippen LogP contribution in [0.15, 0.2) is 42.7 Å². The van der Waals surface area contributed by atoms with Gasteiger partial charge in [0.25, 0.3) is 0 Å². The fraction of sp³-hybridized carbons (Fsp3) is 0.333. The lowest BCUT2D eigenvalue weighted by Crippen LogP contribution is -2.08. The Kier molecular flexibility index (Phi) is 4.83. The average molecular weight is 354 g/mol. The number of rotatable bonds is 5. The second kappa shape index (κ2) is 6.38. The third-order valence-electron chi connectivity index (χ3n) is 3.08. The summed E-state index contributed by atoms with van der Waals surface area (Å²) in [4.78, 5) is 0. The Labute approximate surface area is 122 Å². The van der Waals surface area contributed by atoms with Crippen molar-refractivity contribution >= 4 is 22.6 Å². The summed E-state index contributed by atoms with van der Waals surface area (Å²) < 4.78 is 3.47. The van der Waals surface area contributed by atoms with E-state index in [2.05, 4.69) is 76.8 Å². The van der Waals surface area contributed by atoms with E-state index in [9.17, 15) is 0 Å². The van der Waals surface area contributed by atoms with Crippen LogP contribution in [0.3, 0.4) is 0 Å². The van der Waals surface area contributed by atoms with Gasteiger partial charge in [0.15, 0.2) is 0 Å². The van der Waals surface area contributed by atoms with Crippen LogP contribution in [-0.2, 0) is 6.54 Å². The highest BCUT2D eigenvalue weighted by molar-refractivity contribution is 14.1. The third-order valence-corrected chi connectivity index (χ3v) is 3.80. The number of aromatic nitrogens is 1. The van der Waals surface area contributed by atoms with Crippen LogP contribution >= 0.6 is 22.6 Å². The van der Waals surface area contributed by atoms with Gasteiger partial charge in [0.1, 0.15) is 0 Å². The summed E-state index contributed by atoms with van der Waals surface area (Å²) in [6.07, 6.45) is 6.46. The fourth-order valence-corrected chi connectivity index (χ4v) is 2.41. The first-order chi connectivity index (χ1) is 8.69. The van der Waals surface area contributed by atoms with E-state index in [4.69, 9.17) is 5.73 Å². The molecule has 1 atom stereocenters. The Bertz CT molecular complexity index is 487. The Morgan fingerprint density at radius 1 is 1.22 bits per heavy atom. The van der Waals surface area contributed by atoms with Gasteiger partial charge in [0.2, 0.25) is 0 Å². The van der Waals surface area contributed by atoms with E-state index in [0.717, 1.165) is 19.4 Å². The summed E-state index contributed by atoms with van der Waals surface area (Å²) >= 11 is 2.33. The molecule has 0 saturated heterocycles. The van der Waals surface area contributed by atoms with E-state index in [-0.39, 0.29) is 6.04 Å². The van der Waals surface area contributed by atoms with E-state index in [1.54, 1.807) is 0 Å². The molecule has 0 amide bonds. The zero-order chi connectivity index (χ0) is 13.0. The summed E-state index contributed by atoms with van der Waals surface area (Å²) in [5, 5.41) is 0. The van der Waals surface area contributed by atoms with Crippen molar-refractivity contribution in [3.63, 3.8) is 0 Å². The molecule has 0 saturated carbocycles. The summed E-state index contributed by atoms with van der Waals surface area (Å²) in [6, 6.07) is 10.9. The molecule has 1 unspecified atom stereocenters. The molecule has 0 fully saturated rings. The molecule has 1 heterocycles. The van der Waals surface area contributed by atoms with Gasteiger partial charge in [-0.15, -0.1) is 0 Å². The predicted molar refractivity (Wildman–Crippen MR) is 84.5 cm³/mol. The summed E-state index contributed by atoms with van der Waals surface area (Å²) in [6.45, 7) is 3.08. The van der Waals surface area contributed by atoms with Gasteiger partial charge in [-0.3, -0.25) is 0 Å². The first-order valence-corrected chi connectivity index (χ1v) is 7.42. The average Bonchev–Trinajstić information content (AvgIpc) is 2.81. The van der Waals surface area contributed by atoms with Crippen molar-refractivity contribution in [2.45, 2.75) is 32.4 Å². The minimum atomic E-state index is 0.174. The Morgan fingerprint density at radius 2 is 1.94 bits per heavy atom. The maximum absolute atomic E-state index is 6.12. The first kappa shape index (κ1) is 13.6. The van der Waals surface area contributed by atoms with Crippen molar-refractivity contribution in [3.05, 3.63) is 57.4 Å². The minimum absolute atomic E-state index is 0.174. The van der Waals surface area contributed by atoms with Crippen LogP contribution in [0, 0.1) is 3.57 Å². The lowest BCUT2D eigenvalue weighted by molar-refractivity contribution is 0.636. The lowest BCUT2D eigenvalue weighted by atomic mass is 10.1. The van der Waals surface area contributed by atoms with Crippen LogP contribution in [-0.4, -0.2) is 4.57 Å². The monoisotopic (exact) mass is 354 g/mol. The fourth-order valence-electron chi connectivity index (χ4n) is 2.06. The minimum Gasteiger partial charge on any atom is -0.350 e. The van der Waals surface area contributed by atoms with Crippen LogP contribution in [0.1, 0.15) is 36.9 Å². The summed E-state index contributed by atoms with van der Waals surface area (Å²) in [5.41, 5.74) is 8.68. The van der Waals surface area contributed by atoms with Crippen molar-refractivity contribution in [2.24, 2.45) is 5.73 Å². The molecule has 2 aromatic rings. The molecule has 1 aromatic carbocycles. The van der Waals surface area contributed by atoms with E-state index in [1.165, 1.54) is 14.7 Å². The van der Waals surface area contributed by atoms with Crippen LogP contribution < -0.4 is 5.73 Å². The zero-order valence-electron chi connectivity index (χ0n) is 10.6. The van der Waals surface area contributed by atoms with Gasteiger partial charge in [-0.25, -0.2) is 0 Å². The van der Waals surface area contributed by atoms with E-state index >= 15 is 0 Å². The molecule has 0 spiro atoms. The number of nitrogens with zero attached hydrogens (tertiary/aromatic N) is 1. The molecular formula is C15H19IN2. The van der Waals surface area contributed by atoms with Gasteiger partial charge in [-0.05, 0) is 58.3 Å². The summed E-state index contributed by atoms with van der Waals surface area (Å²) in [5.74, 6) is 0. The van der Waals surface area contributed by atoms with Crippen molar-refractivity contribution < 1.29 is 0 Å². The molecule has 0 bridgehead atoms. The Balaban J connectivity index is 2.04. The zero-order valence-corrected chi connectivity index (χ0v) is 12.8. The van der Waals surface area contributed by atoms with Crippen LogP contribution in [0.5, 0.6) is 0 Å². The van der Waals surface area contributed by atoms with E-state index < -0.39 is 0 Å². The van der Waals surface area contributed by atoms with Crippen LogP contribution in [0.25, 0.3) is 0 Å². The smallest absolute Gasteiger partial charge is 0.0470 e. The Morgan fingerprint density at radius 3 is 2.61 bits per heavy atom. The topological polar surface area (TPSA) is 30.9 Å². The van der Waals surface area contributed by atoms with E-state index in [1.807, 2.05) is 0 Å². The van der Waals surface area contributed by atoms with Gasteiger partial charge in [-0.2, -0.15) is 0 Å². The highest BCUT2D eigenvalue weighted by Gasteiger charge is 2.06. The van der Waals surface area contributed by atoms with Crippen LogP contribution in [0.2, 0.25) is 0 Å². The van der Waals surface area contributed by atoms with Gasteiger partial charge in [0, 0.05) is 28.6 Å². The molecule has 96 valence electrons. The van der Waals surface area contributed by atoms with E-state index in [0.29, 0.717) is 0 Å². The molecule has 2 rings (SSSR count). The second-order valence-electron chi connectivity index (χ2n) is 4.64. The molecule has 18 heavy (non-hydrogen) atoms. The van der Waals surface area contributed by atoms with Gasteiger partial charge >= 0.3 is 0 Å². The standard InChI is InChI=1S/C15H19IN2/c1-2-3-15(17)13-8-9-18(11-13)10-12-4-6-14(16)7-5-12/h4-9,11,15H,2-3,10,17H2,1H3. The molecule has 0 aliphatic carbocycles. The maximum Gasteiger partial charge on any atom is 0.0470 e. The Hall–Kier alpha value is -0.810. The van der Waals surface area contributed by atoms with Crippen molar-refractivity contribution in [1.82, 2.24) is 4.57 Å². The number of benzene rings is 1. The highest BCUT2D eigenvalue weighted by atomic mass is 127. The van der Waals surface area contributed by atoms with Crippen LogP contribution in [0.4, 0.5) is 0 Å². The SMILES string of the molecule is CCCC(N)c1ccn(Cc2ccc(I)cc2)c1. The predicted octanol–water partition coefficient (Wildman–Crippen LogP) is 3.94. The maximum atomic E-state index is 6.12. The second-order valence-corrected chi connectivity index (χ2v) is 5.88. The molecule has 3 heteroatoms. The first-order valence-electron chi connectivity index (χ1n) is 6.34. The molecule has 1 aromatic heterocycles. The van der Waals surface area contributed by atoms with Crippen molar-refractivity contribution in [2.75, 3.05) is 0 Å². The largest absolute Gasteiger partial charge is 0.350 e. The van der Waals surface area contributed by atoms with Crippen molar-refractivity contribution in [1.29, 1.82) is 0 Å². The van der Waals surface area contributed by atoms with Gasteiger partial charge in [0.05, 0.1) is 0 Å². The molecular weight excluding hydrogens is 335 g/mol. The number of hydrogen-bond donors (Lipinski definition) is 1. The van der Waals surface area contributed by atoms with Gasteiger partial charge < -0.3 is 10.3 Å². The normalized spacial score (nSPS) is 12.6. The highest BCUT2D eigenvalue weighted by Crippen LogP contribution is 2.17. The van der Waals surface area contributed by atoms with Gasteiger partial charge in [-0.1, -0.05) is 25.5 Å². The molecule has 0 radical (unpaired) electrons.